The fraction of sp³-hybridized carbons (Fsp3) is 0.795. The molecule has 12 nitrogen and oxygen atoms in total. The third kappa shape index (κ3) is 25.0. The van der Waals surface area contributed by atoms with E-state index in [1.807, 2.05) is 0 Å². The van der Waals surface area contributed by atoms with E-state index in [2.05, 4.69) is 50.3 Å². The number of carbonyl (C=O) groups is 2. The van der Waals surface area contributed by atoms with E-state index in [4.69, 9.17) is 18.9 Å². The summed E-state index contributed by atoms with van der Waals surface area (Å²) in [6.45, 7) is 3.58. The number of rotatable bonds is 31. The summed E-state index contributed by atoms with van der Waals surface area (Å²) in [5.74, 6) is -2.01. The zero-order valence-corrected chi connectivity index (χ0v) is 32.5. The number of aliphatic hydroxyl groups excluding tert-OH is 3. The molecule has 1 fully saturated rings. The molecule has 1 saturated heterocycles. The number of esters is 2. The highest BCUT2D eigenvalue weighted by Crippen LogP contribution is 2.24. The van der Waals surface area contributed by atoms with Gasteiger partial charge in [-0.1, -0.05) is 121 Å². The Kier molecular flexibility index (Phi) is 27.8. The zero-order valence-electron chi connectivity index (χ0n) is 31.7. The zero-order chi connectivity index (χ0) is 38.5. The Balaban J connectivity index is 2.53. The van der Waals surface area contributed by atoms with Crippen molar-refractivity contribution in [2.75, 3.05) is 19.0 Å². The predicted molar refractivity (Wildman–Crippen MR) is 201 cm³/mol. The Bertz CT molecular complexity index is 1120. The van der Waals surface area contributed by atoms with Crippen LogP contribution in [0.5, 0.6) is 0 Å². The first-order valence-corrected chi connectivity index (χ1v) is 21.2. The van der Waals surface area contributed by atoms with E-state index < -0.39 is 71.2 Å². The van der Waals surface area contributed by atoms with Crippen molar-refractivity contribution in [3.63, 3.8) is 0 Å². The maximum atomic E-state index is 12.7. The molecule has 1 heterocycles. The van der Waals surface area contributed by atoms with Crippen LogP contribution in [0.1, 0.15) is 142 Å². The van der Waals surface area contributed by atoms with Crippen molar-refractivity contribution in [1.82, 2.24) is 0 Å². The molecule has 13 heteroatoms. The third-order valence-electron chi connectivity index (χ3n) is 8.73. The molecule has 0 aromatic heterocycles. The van der Waals surface area contributed by atoms with Gasteiger partial charge >= 0.3 is 11.9 Å². The van der Waals surface area contributed by atoms with E-state index in [-0.39, 0.29) is 19.4 Å². The highest BCUT2D eigenvalue weighted by Gasteiger charge is 2.46. The van der Waals surface area contributed by atoms with Crippen molar-refractivity contribution >= 4 is 22.1 Å². The van der Waals surface area contributed by atoms with E-state index in [0.717, 1.165) is 70.6 Å². The van der Waals surface area contributed by atoms with Gasteiger partial charge in [0.1, 0.15) is 36.8 Å². The molecular weight excluding hydrogens is 692 g/mol. The number of unbranched alkanes of at least 4 members (excludes halogenated alkanes) is 13. The van der Waals surface area contributed by atoms with Gasteiger partial charge in [0.25, 0.3) is 10.1 Å². The van der Waals surface area contributed by atoms with Gasteiger partial charge < -0.3 is 34.3 Å². The highest BCUT2D eigenvalue weighted by atomic mass is 32.2. The van der Waals surface area contributed by atoms with Gasteiger partial charge in [0.2, 0.25) is 0 Å². The first-order chi connectivity index (χ1) is 25.0. The molecule has 1 rings (SSSR count). The Morgan fingerprint density at radius 2 is 1.21 bits per heavy atom. The second-order valence-corrected chi connectivity index (χ2v) is 15.1. The van der Waals surface area contributed by atoms with Crippen LogP contribution in [0.15, 0.2) is 36.5 Å². The van der Waals surface area contributed by atoms with Gasteiger partial charge in [-0.2, -0.15) is 8.42 Å². The number of carbonyl (C=O) groups excluding carboxylic acids is 2. The van der Waals surface area contributed by atoms with Crippen LogP contribution >= 0.6 is 0 Å². The van der Waals surface area contributed by atoms with Gasteiger partial charge in [-0.15, -0.1) is 0 Å². The number of hydrogen-bond donors (Lipinski definition) is 4. The lowest BCUT2D eigenvalue weighted by Crippen LogP contribution is -2.60. The van der Waals surface area contributed by atoms with Gasteiger partial charge in [-0.05, 0) is 44.9 Å². The van der Waals surface area contributed by atoms with Crippen LogP contribution in [0.2, 0.25) is 0 Å². The van der Waals surface area contributed by atoms with Gasteiger partial charge in [0.15, 0.2) is 12.4 Å². The molecule has 0 radical (unpaired) electrons. The average Bonchev–Trinajstić information content (AvgIpc) is 3.10. The minimum absolute atomic E-state index is 0.145. The molecule has 0 aromatic rings. The molecule has 52 heavy (non-hydrogen) atoms. The summed E-state index contributed by atoms with van der Waals surface area (Å²) < 4.78 is 53.8. The Hall–Kier alpha value is -2.13. The lowest BCUT2D eigenvalue weighted by molar-refractivity contribution is -0.297. The molecule has 302 valence electrons. The van der Waals surface area contributed by atoms with Crippen LogP contribution in [0, 0.1) is 0 Å². The minimum atomic E-state index is -4.60. The monoisotopic (exact) mass is 760 g/mol. The molecule has 4 N–H and O–H groups in total. The fourth-order valence-corrected chi connectivity index (χ4v) is 6.38. The SMILES string of the molecule is CC/C=C\C/C=C\C/C=C\CCCCCCCC(=O)OC(COC(=O)CCCCCCCCCCC)COC1OC(CS(=O)(=O)O)C(O)C(O)C1O. The summed E-state index contributed by atoms with van der Waals surface area (Å²) in [6.07, 6.45) is 22.1. The van der Waals surface area contributed by atoms with Gasteiger partial charge in [-0.3, -0.25) is 14.1 Å². The van der Waals surface area contributed by atoms with E-state index in [9.17, 15) is 37.9 Å². The molecular formula is C39H68O12S. The quantitative estimate of drug-likeness (QED) is 0.0255. The summed E-state index contributed by atoms with van der Waals surface area (Å²) in [4.78, 5) is 25.2. The second-order valence-electron chi connectivity index (χ2n) is 13.6. The molecule has 0 aromatic carbocycles. The Labute approximate surface area is 312 Å². The second kappa shape index (κ2) is 30.2. The smallest absolute Gasteiger partial charge is 0.306 e. The minimum Gasteiger partial charge on any atom is -0.462 e. The van der Waals surface area contributed by atoms with Gasteiger partial charge in [-0.25, -0.2) is 0 Å². The maximum absolute atomic E-state index is 12.7. The first-order valence-electron chi connectivity index (χ1n) is 19.5. The molecule has 6 unspecified atom stereocenters. The van der Waals surface area contributed by atoms with Gasteiger partial charge in [0, 0.05) is 12.8 Å². The van der Waals surface area contributed by atoms with Crippen LogP contribution < -0.4 is 0 Å². The van der Waals surface area contributed by atoms with Crippen LogP contribution in [0.3, 0.4) is 0 Å². The van der Waals surface area contributed by atoms with Crippen molar-refractivity contribution in [3.8, 4) is 0 Å². The standard InChI is InChI=1S/C39H68O12S/c1-3-5-7-9-11-13-14-15-16-17-18-20-22-24-26-28-35(41)50-32(29-48-34(40)27-25-23-21-19-12-10-8-6-4-2)30-49-39-38(44)37(43)36(42)33(51-39)31-52(45,46)47/h5,7,11,13,15-16,32-33,36-39,42-44H,3-4,6,8-10,12,14,17-31H2,1-2H3,(H,45,46,47)/b7-5-,13-11-,16-15-. The van der Waals surface area contributed by atoms with E-state index in [0.29, 0.717) is 12.8 Å². The highest BCUT2D eigenvalue weighted by molar-refractivity contribution is 7.85. The van der Waals surface area contributed by atoms with E-state index in [1.54, 1.807) is 0 Å². The molecule has 0 aliphatic carbocycles. The number of allylic oxidation sites excluding steroid dienone is 6. The van der Waals surface area contributed by atoms with Crippen molar-refractivity contribution in [2.24, 2.45) is 0 Å². The molecule has 0 bridgehead atoms. The summed E-state index contributed by atoms with van der Waals surface area (Å²) in [5.41, 5.74) is 0. The number of aliphatic hydroxyl groups is 3. The van der Waals surface area contributed by atoms with Crippen molar-refractivity contribution in [3.05, 3.63) is 36.5 Å². The summed E-state index contributed by atoms with van der Waals surface area (Å²) in [7, 11) is -4.60. The third-order valence-corrected chi connectivity index (χ3v) is 9.48. The molecule has 0 amide bonds. The van der Waals surface area contributed by atoms with E-state index in [1.165, 1.54) is 32.1 Å². The number of hydrogen-bond acceptors (Lipinski definition) is 11. The van der Waals surface area contributed by atoms with Crippen molar-refractivity contribution < 1.29 is 56.8 Å². The summed E-state index contributed by atoms with van der Waals surface area (Å²) in [5, 5.41) is 30.7. The molecule has 6 atom stereocenters. The number of ether oxygens (including phenoxy) is 4. The molecule has 0 spiro atoms. The first kappa shape index (κ1) is 47.9. The fourth-order valence-electron chi connectivity index (χ4n) is 5.69. The van der Waals surface area contributed by atoms with Crippen LogP contribution in [-0.4, -0.2) is 96.0 Å². The van der Waals surface area contributed by atoms with Crippen molar-refractivity contribution in [2.45, 2.75) is 179 Å². The topological polar surface area (TPSA) is 186 Å². The Morgan fingerprint density at radius 3 is 1.81 bits per heavy atom. The predicted octanol–water partition coefficient (Wildman–Crippen LogP) is 6.66. The van der Waals surface area contributed by atoms with Gasteiger partial charge in [0.05, 0.1) is 6.61 Å². The average molecular weight is 761 g/mol. The van der Waals surface area contributed by atoms with Crippen LogP contribution in [0.25, 0.3) is 0 Å². The molecule has 1 aliphatic rings. The lowest BCUT2D eigenvalue weighted by Gasteiger charge is -2.40. The van der Waals surface area contributed by atoms with Crippen LogP contribution in [-0.2, 0) is 38.7 Å². The summed E-state index contributed by atoms with van der Waals surface area (Å²) in [6, 6.07) is 0. The molecule has 1 aliphatic heterocycles. The van der Waals surface area contributed by atoms with Crippen LogP contribution in [0.4, 0.5) is 0 Å². The summed E-state index contributed by atoms with van der Waals surface area (Å²) >= 11 is 0. The lowest BCUT2D eigenvalue weighted by atomic mass is 10.00. The largest absolute Gasteiger partial charge is 0.462 e. The van der Waals surface area contributed by atoms with E-state index >= 15 is 0 Å². The van der Waals surface area contributed by atoms with Crippen molar-refractivity contribution in [1.29, 1.82) is 0 Å². The maximum Gasteiger partial charge on any atom is 0.306 e. The normalized spacial score (nSPS) is 21.7. The Morgan fingerprint density at radius 1 is 0.673 bits per heavy atom. The molecule has 0 saturated carbocycles.